The van der Waals surface area contributed by atoms with Crippen LogP contribution in [0.25, 0.3) is 0 Å². The molecular weight excluding hydrogens is 276 g/mol. The molecule has 1 heterocycles. The standard InChI is InChI=1S/C8H9F2NO6S/c9-8(10,4-12)3-11-18(15,16)6-2-1-5(17-6)7(13)14/h1-2,11-12H,3-4H2,(H,13,14). The van der Waals surface area contributed by atoms with Gasteiger partial charge in [-0.2, -0.15) is 0 Å². The minimum absolute atomic E-state index is 0.635. The Bertz CT molecular complexity index is 538. The van der Waals surface area contributed by atoms with E-state index in [-0.39, 0.29) is 0 Å². The summed E-state index contributed by atoms with van der Waals surface area (Å²) in [5.41, 5.74) is 0. The number of alkyl halides is 2. The lowest BCUT2D eigenvalue weighted by molar-refractivity contribution is -0.0437. The smallest absolute Gasteiger partial charge is 0.371 e. The van der Waals surface area contributed by atoms with Gasteiger partial charge >= 0.3 is 5.97 Å². The summed E-state index contributed by atoms with van der Waals surface area (Å²) in [4.78, 5) is 10.4. The summed E-state index contributed by atoms with van der Waals surface area (Å²) in [6.07, 6.45) is 0. The van der Waals surface area contributed by atoms with Crippen LogP contribution in [-0.2, 0) is 10.0 Å². The van der Waals surface area contributed by atoms with Crippen LogP contribution in [0.2, 0.25) is 0 Å². The van der Waals surface area contributed by atoms with Gasteiger partial charge < -0.3 is 14.6 Å². The topological polar surface area (TPSA) is 117 Å². The second kappa shape index (κ2) is 5.00. The van der Waals surface area contributed by atoms with Crippen LogP contribution in [0.15, 0.2) is 21.6 Å². The third kappa shape index (κ3) is 3.48. The van der Waals surface area contributed by atoms with Crippen molar-refractivity contribution < 1.29 is 36.6 Å². The Hall–Kier alpha value is -1.52. The predicted molar refractivity (Wildman–Crippen MR) is 52.9 cm³/mol. The number of carbonyl (C=O) groups is 1. The number of aliphatic hydroxyl groups is 1. The molecular formula is C8H9F2NO6S. The number of rotatable bonds is 6. The van der Waals surface area contributed by atoms with Crippen molar-refractivity contribution in [3.63, 3.8) is 0 Å². The van der Waals surface area contributed by atoms with Crippen LogP contribution in [-0.4, -0.2) is 43.7 Å². The first kappa shape index (κ1) is 14.5. The second-order valence-electron chi connectivity index (χ2n) is 3.26. The highest BCUT2D eigenvalue weighted by Gasteiger charge is 2.31. The number of hydrogen-bond donors (Lipinski definition) is 3. The normalized spacial score (nSPS) is 12.6. The van der Waals surface area contributed by atoms with E-state index in [1.165, 1.54) is 4.72 Å². The van der Waals surface area contributed by atoms with Crippen LogP contribution in [0.4, 0.5) is 8.78 Å². The van der Waals surface area contributed by atoms with Crippen molar-refractivity contribution in [1.29, 1.82) is 0 Å². The van der Waals surface area contributed by atoms with Crippen LogP contribution < -0.4 is 4.72 Å². The van der Waals surface area contributed by atoms with E-state index in [0.717, 1.165) is 12.1 Å². The monoisotopic (exact) mass is 285 g/mol. The van der Waals surface area contributed by atoms with Gasteiger partial charge in [-0.1, -0.05) is 0 Å². The molecule has 0 radical (unpaired) electrons. The molecule has 0 spiro atoms. The van der Waals surface area contributed by atoms with E-state index < -0.39 is 45.9 Å². The Morgan fingerprint density at radius 3 is 2.50 bits per heavy atom. The van der Waals surface area contributed by atoms with E-state index >= 15 is 0 Å². The van der Waals surface area contributed by atoms with E-state index in [1.54, 1.807) is 0 Å². The van der Waals surface area contributed by atoms with E-state index in [1.807, 2.05) is 0 Å². The van der Waals surface area contributed by atoms with Gasteiger partial charge in [0.25, 0.3) is 15.9 Å². The lowest BCUT2D eigenvalue weighted by atomic mass is 10.4. The maximum absolute atomic E-state index is 12.6. The van der Waals surface area contributed by atoms with Gasteiger partial charge in [0.1, 0.15) is 6.61 Å². The molecule has 0 unspecified atom stereocenters. The number of aromatic carboxylic acids is 1. The van der Waals surface area contributed by atoms with Crippen LogP contribution >= 0.6 is 0 Å². The highest BCUT2D eigenvalue weighted by atomic mass is 32.2. The molecule has 10 heteroatoms. The molecule has 1 aromatic rings. The molecule has 0 aromatic carbocycles. The number of nitrogens with one attached hydrogen (secondary N) is 1. The van der Waals surface area contributed by atoms with E-state index in [0.29, 0.717) is 0 Å². The zero-order chi connectivity index (χ0) is 14.0. The highest BCUT2D eigenvalue weighted by Crippen LogP contribution is 2.16. The van der Waals surface area contributed by atoms with Crippen LogP contribution in [0.3, 0.4) is 0 Å². The Balaban J connectivity index is 2.83. The van der Waals surface area contributed by atoms with E-state index in [9.17, 15) is 22.0 Å². The van der Waals surface area contributed by atoms with E-state index in [4.69, 9.17) is 10.2 Å². The first-order valence-electron chi connectivity index (χ1n) is 4.49. The largest absolute Gasteiger partial charge is 0.475 e. The molecule has 0 atom stereocenters. The van der Waals surface area contributed by atoms with E-state index in [2.05, 4.69) is 4.42 Å². The number of sulfonamides is 1. The maximum Gasteiger partial charge on any atom is 0.371 e. The molecule has 102 valence electrons. The van der Waals surface area contributed by atoms with Gasteiger partial charge in [0.2, 0.25) is 10.9 Å². The lowest BCUT2D eigenvalue weighted by Gasteiger charge is -2.13. The molecule has 0 saturated heterocycles. The van der Waals surface area contributed by atoms with Gasteiger partial charge in [-0.15, -0.1) is 0 Å². The minimum atomic E-state index is -4.39. The summed E-state index contributed by atoms with van der Waals surface area (Å²) in [6.45, 7) is -2.84. The van der Waals surface area contributed by atoms with Crippen LogP contribution in [0.5, 0.6) is 0 Å². The lowest BCUT2D eigenvalue weighted by Crippen LogP contribution is -2.38. The molecule has 0 aliphatic rings. The van der Waals surface area contributed by atoms with Crippen LogP contribution in [0.1, 0.15) is 10.6 Å². The number of carboxylic acids is 1. The fourth-order valence-electron chi connectivity index (χ4n) is 0.907. The molecule has 0 bridgehead atoms. The summed E-state index contributed by atoms with van der Waals surface area (Å²) in [5, 5.41) is 16.0. The van der Waals surface area contributed by atoms with Crippen molar-refractivity contribution in [2.45, 2.75) is 11.0 Å². The van der Waals surface area contributed by atoms with Crippen molar-refractivity contribution in [2.24, 2.45) is 0 Å². The molecule has 0 fully saturated rings. The average molecular weight is 285 g/mol. The van der Waals surface area contributed by atoms with Gasteiger partial charge in [0.05, 0.1) is 6.54 Å². The number of aliphatic hydroxyl groups excluding tert-OH is 1. The molecule has 0 amide bonds. The molecule has 0 aliphatic carbocycles. The molecule has 3 N–H and O–H groups in total. The third-order valence-corrected chi connectivity index (χ3v) is 3.08. The van der Waals surface area contributed by atoms with Crippen LogP contribution in [0, 0.1) is 0 Å². The predicted octanol–water partition coefficient (Wildman–Crippen LogP) is -0.116. The van der Waals surface area contributed by atoms with Crippen molar-refractivity contribution in [2.75, 3.05) is 13.2 Å². The summed E-state index contributed by atoms with van der Waals surface area (Å²) in [6, 6.07) is 1.70. The van der Waals surface area contributed by atoms with Gasteiger partial charge in [0.15, 0.2) is 0 Å². The maximum atomic E-state index is 12.6. The van der Waals surface area contributed by atoms with Crippen molar-refractivity contribution in [3.05, 3.63) is 17.9 Å². The zero-order valence-electron chi connectivity index (χ0n) is 8.76. The summed E-state index contributed by atoms with van der Waals surface area (Å²) in [7, 11) is -4.39. The fourth-order valence-corrected chi connectivity index (χ4v) is 1.90. The van der Waals surface area contributed by atoms with Crippen molar-refractivity contribution in [1.82, 2.24) is 4.72 Å². The molecule has 0 aliphatic heterocycles. The molecule has 1 aromatic heterocycles. The minimum Gasteiger partial charge on any atom is -0.475 e. The number of carboxylic acid groups (broad SMARTS) is 1. The average Bonchev–Trinajstić information content (AvgIpc) is 2.77. The molecule has 1 rings (SSSR count). The summed E-state index contributed by atoms with van der Waals surface area (Å²) in [5.74, 6) is -5.74. The number of halogens is 2. The van der Waals surface area contributed by atoms with Gasteiger partial charge in [-0.3, -0.25) is 0 Å². The third-order valence-electron chi connectivity index (χ3n) is 1.81. The summed E-state index contributed by atoms with van der Waals surface area (Å²) >= 11 is 0. The Kier molecular flexibility index (Phi) is 4.04. The van der Waals surface area contributed by atoms with Gasteiger partial charge in [-0.25, -0.2) is 26.7 Å². The van der Waals surface area contributed by atoms with Gasteiger partial charge in [-0.05, 0) is 12.1 Å². The first-order chi connectivity index (χ1) is 8.18. The van der Waals surface area contributed by atoms with Crippen molar-refractivity contribution >= 4 is 16.0 Å². The zero-order valence-corrected chi connectivity index (χ0v) is 9.58. The SMILES string of the molecule is O=C(O)c1ccc(S(=O)(=O)NCC(F)(F)CO)o1. The molecule has 0 saturated carbocycles. The quantitative estimate of drug-likeness (QED) is 0.671. The Labute approximate surface area is 100 Å². The second-order valence-corrected chi connectivity index (χ2v) is 4.96. The molecule has 7 nitrogen and oxygen atoms in total. The highest BCUT2D eigenvalue weighted by molar-refractivity contribution is 7.89. The fraction of sp³-hybridized carbons (Fsp3) is 0.375. The Morgan fingerprint density at radius 1 is 1.44 bits per heavy atom. The first-order valence-corrected chi connectivity index (χ1v) is 5.98. The van der Waals surface area contributed by atoms with Crippen molar-refractivity contribution in [3.8, 4) is 0 Å². The number of hydrogen-bond acceptors (Lipinski definition) is 5. The molecule has 18 heavy (non-hydrogen) atoms. The summed E-state index contributed by atoms with van der Waals surface area (Å²) < 4.78 is 54.0. The number of furan rings is 1. The van der Waals surface area contributed by atoms with Gasteiger partial charge in [0, 0.05) is 0 Å². The Morgan fingerprint density at radius 2 is 2.06 bits per heavy atom.